The van der Waals surface area contributed by atoms with Crippen molar-refractivity contribution in [3.8, 4) is 0 Å². The molecule has 2 nitrogen and oxygen atoms in total. The molecule has 90 valence electrons. The van der Waals surface area contributed by atoms with E-state index in [4.69, 9.17) is 5.84 Å². The molecule has 0 spiro atoms. The van der Waals surface area contributed by atoms with Crippen LogP contribution < -0.4 is 11.3 Å². The number of hydrogen-bond donors (Lipinski definition) is 2. The van der Waals surface area contributed by atoms with E-state index in [0.717, 1.165) is 17.5 Å². The number of benzene rings is 1. The van der Waals surface area contributed by atoms with Gasteiger partial charge in [0, 0.05) is 11.3 Å². The van der Waals surface area contributed by atoms with E-state index in [1.807, 2.05) is 24.4 Å². The van der Waals surface area contributed by atoms with Crippen LogP contribution in [0.1, 0.15) is 22.0 Å². The van der Waals surface area contributed by atoms with Crippen LogP contribution in [0, 0.1) is 12.7 Å². The van der Waals surface area contributed by atoms with Crippen LogP contribution in [-0.4, -0.2) is 0 Å². The SMILES string of the molecule is Cc1cc(F)cc(C(Cc2cccs2)NN)c1. The number of thiophene rings is 1. The van der Waals surface area contributed by atoms with Gasteiger partial charge in [-0.05, 0) is 41.6 Å². The minimum Gasteiger partial charge on any atom is -0.271 e. The van der Waals surface area contributed by atoms with E-state index in [-0.39, 0.29) is 11.9 Å². The number of halogens is 1. The molecule has 0 aliphatic carbocycles. The highest BCUT2D eigenvalue weighted by Crippen LogP contribution is 2.22. The zero-order valence-electron chi connectivity index (χ0n) is 9.61. The van der Waals surface area contributed by atoms with E-state index in [9.17, 15) is 4.39 Å². The van der Waals surface area contributed by atoms with Gasteiger partial charge in [0.05, 0.1) is 6.04 Å². The second-order valence-electron chi connectivity index (χ2n) is 4.06. The molecule has 1 atom stereocenters. The first kappa shape index (κ1) is 12.2. The van der Waals surface area contributed by atoms with Gasteiger partial charge in [-0.3, -0.25) is 11.3 Å². The van der Waals surface area contributed by atoms with Gasteiger partial charge in [0.2, 0.25) is 0 Å². The molecule has 0 aliphatic rings. The van der Waals surface area contributed by atoms with Crippen LogP contribution in [0.4, 0.5) is 4.39 Å². The molecule has 4 heteroatoms. The summed E-state index contributed by atoms with van der Waals surface area (Å²) in [4.78, 5) is 1.23. The monoisotopic (exact) mass is 250 g/mol. The second kappa shape index (κ2) is 5.40. The Kier molecular flexibility index (Phi) is 3.89. The number of rotatable bonds is 4. The van der Waals surface area contributed by atoms with Crippen LogP contribution in [0.5, 0.6) is 0 Å². The Morgan fingerprint density at radius 1 is 1.41 bits per heavy atom. The Morgan fingerprint density at radius 3 is 2.82 bits per heavy atom. The molecule has 0 aliphatic heterocycles. The fraction of sp³-hybridized carbons (Fsp3) is 0.231. The Balaban J connectivity index is 2.22. The van der Waals surface area contributed by atoms with Crippen molar-refractivity contribution in [2.45, 2.75) is 19.4 Å². The number of hydrogen-bond acceptors (Lipinski definition) is 3. The van der Waals surface area contributed by atoms with Crippen molar-refractivity contribution in [2.75, 3.05) is 0 Å². The van der Waals surface area contributed by atoms with Gasteiger partial charge in [-0.2, -0.15) is 0 Å². The molecule has 0 saturated heterocycles. The lowest BCUT2D eigenvalue weighted by molar-refractivity contribution is 0.547. The number of nitrogens with one attached hydrogen (secondary N) is 1. The highest BCUT2D eigenvalue weighted by molar-refractivity contribution is 7.09. The van der Waals surface area contributed by atoms with Crippen molar-refractivity contribution in [2.24, 2.45) is 5.84 Å². The molecule has 3 N–H and O–H groups in total. The average molecular weight is 250 g/mol. The molecule has 1 heterocycles. The normalized spacial score (nSPS) is 12.6. The van der Waals surface area contributed by atoms with Gasteiger partial charge in [0.15, 0.2) is 0 Å². The molecule has 0 bridgehead atoms. The maximum Gasteiger partial charge on any atom is 0.123 e. The zero-order chi connectivity index (χ0) is 12.3. The second-order valence-corrected chi connectivity index (χ2v) is 5.10. The van der Waals surface area contributed by atoms with E-state index in [1.54, 1.807) is 11.3 Å². The van der Waals surface area contributed by atoms with Crippen molar-refractivity contribution < 1.29 is 4.39 Å². The van der Waals surface area contributed by atoms with Crippen LogP contribution in [0.3, 0.4) is 0 Å². The van der Waals surface area contributed by atoms with Crippen molar-refractivity contribution >= 4 is 11.3 Å². The van der Waals surface area contributed by atoms with Gasteiger partial charge < -0.3 is 0 Å². The van der Waals surface area contributed by atoms with Gasteiger partial charge in [0.25, 0.3) is 0 Å². The maximum absolute atomic E-state index is 13.3. The summed E-state index contributed by atoms with van der Waals surface area (Å²) >= 11 is 1.68. The summed E-state index contributed by atoms with van der Waals surface area (Å²) in [5.74, 6) is 5.34. The lowest BCUT2D eigenvalue weighted by Crippen LogP contribution is -2.29. The van der Waals surface area contributed by atoms with E-state index in [0.29, 0.717) is 0 Å². The largest absolute Gasteiger partial charge is 0.271 e. The Hall–Kier alpha value is -1.23. The highest BCUT2D eigenvalue weighted by Gasteiger charge is 2.12. The third kappa shape index (κ3) is 3.12. The summed E-state index contributed by atoms with van der Waals surface area (Å²) in [7, 11) is 0. The highest BCUT2D eigenvalue weighted by atomic mass is 32.1. The summed E-state index contributed by atoms with van der Waals surface area (Å²) in [5, 5.41) is 2.03. The molecule has 1 aromatic carbocycles. The fourth-order valence-electron chi connectivity index (χ4n) is 1.87. The number of nitrogens with two attached hydrogens (primary N) is 1. The molecule has 2 rings (SSSR count). The summed E-state index contributed by atoms with van der Waals surface area (Å²) in [6, 6.07) is 9.02. The van der Waals surface area contributed by atoms with E-state index >= 15 is 0 Å². The molecule has 0 saturated carbocycles. The average Bonchev–Trinajstić information content (AvgIpc) is 2.77. The maximum atomic E-state index is 13.3. The van der Waals surface area contributed by atoms with E-state index in [2.05, 4.69) is 11.5 Å². The molecule has 1 unspecified atom stereocenters. The summed E-state index contributed by atoms with van der Waals surface area (Å²) in [6.07, 6.45) is 0.775. The van der Waals surface area contributed by atoms with Crippen molar-refractivity contribution in [1.82, 2.24) is 5.43 Å². The minimum absolute atomic E-state index is 0.0527. The van der Waals surface area contributed by atoms with Crippen LogP contribution in [-0.2, 0) is 6.42 Å². The predicted octanol–water partition coefficient (Wildman–Crippen LogP) is 2.94. The molecule has 17 heavy (non-hydrogen) atoms. The first-order valence-corrected chi connectivity index (χ1v) is 6.32. The first-order valence-electron chi connectivity index (χ1n) is 5.44. The third-order valence-electron chi connectivity index (χ3n) is 2.65. The lowest BCUT2D eigenvalue weighted by atomic mass is 10.0. The molecule has 0 amide bonds. The number of hydrazine groups is 1. The lowest BCUT2D eigenvalue weighted by Gasteiger charge is -2.16. The summed E-state index contributed by atoms with van der Waals surface area (Å²) in [5.41, 5.74) is 4.55. The van der Waals surface area contributed by atoms with Gasteiger partial charge >= 0.3 is 0 Å². The van der Waals surface area contributed by atoms with Gasteiger partial charge in [-0.15, -0.1) is 11.3 Å². The molecule has 0 radical (unpaired) electrons. The predicted molar refractivity (Wildman–Crippen MR) is 69.2 cm³/mol. The standard InChI is InChI=1S/C13H15FN2S/c1-9-5-10(7-11(14)6-9)13(16-15)8-12-3-2-4-17-12/h2-7,13,16H,8,15H2,1H3. The van der Waals surface area contributed by atoms with Crippen molar-refractivity contribution in [3.05, 3.63) is 57.5 Å². The van der Waals surface area contributed by atoms with Crippen molar-refractivity contribution in [3.63, 3.8) is 0 Å². The first-order chi connectivity index (χ1) is 8.19. The molecule has 1 aromatic heterocycles. The molecular weight excluding hydrogens is 235 g/mol. The Labute approximate surface area is 104 Å². The molecule has 2 aromatic rings. The van der Waals surface area contributed by atoms with Gasteiger partial charge in [-0.25, -0.2) is 4.39 Å². The number of aryl methyl sites for hydroxylation is 1. The van der Waals surface area contributed by atoms with Crippen LogP contribution in [0.15, 0.2) is 35.7 Å². The third-order valence-corrected chi connectivity index (χ3v) is 3.55. The van der Waals surface area contributed by atoms with Crippen LogP contribution >= 0.6 is 11.3 Å². The minimum atomic E-state index is -0.216. The summed E-state index contributed by atoms with van der Waals surface area (Å²) in [6.45, 7) is 1.88. The Morgan fingerprint density at radius 2 is 2.24 bits per heavy atom. The quantitative estimate of drug-likeness (QED) is 0.647. The molecular formula is C13H15FN2S. The van der Waals surface area contributed by atoms with Gasteiger partial charge in [-0.1, -0.05) is 12.1 Å². The van der Waals surface area contributed by atoms with E-state index in [1.165, 1.54) is 17.0 Å². The fourth-order valence-corrected chi connectivity index (χ4v) is 2.62. The van der Waals surface area contributed by atoms with Crippen LogP contribution in [0.2, 0.25) is 0 Å². The topological polar surface area (TPSA) is 38.0 Å². The van der Waals surface area contributed by atoms with E-state index < -0.39 is 0 Å². The smallest absolute Gasteiger partial charge is 0.123 e. The summed E-state index contributed by atoms with van der Waals surface area (Å²) < 4.78 is 13.3. The Bertz CT molecular complexity index is 462. The van der Waals surface area contributed by atoms with Gasteiger partial charge in [0.1, 0.15) is 5.82 Å². The van der Waals surface area contributed by atoms with Crippen LogP contribution in [0.25, 0.3) is 0 Å². The molecule has 0 fully saturated rings. The van der Waals surface area contributed by atoms with Crippen molar-refractivity contribution in [1.29, 1.82) is 0 Å². The zero-order valence-corrected chi connectivity index (χ0v) is 10.4.